The predicted octanol–water partition coefficient (Wildman–Crippen LogP) is 3.61. The van der Waals surface area contributed by atoms with E-state index in [0.717, 1.165) is 37.3 Å². The van der Waals surface area contributed by atoms with Crippen LogP contribution < -0.4 is 35.4 Å². The second-order valence-electron chi connectivity index (χ2n) is 11.6. The summed E-state index contributed by atoms with van der Waals surface area (Å²) in [5, 5.41) is 17.0. The summed E-state index contributed by atoms with van der Waals surface area (Å²) in [5.74, 6) is 1.46. The van der Waals surface area contributed by atoms with Crippen LogP contribution in [0.25, 0.3) is 0 Å². The Kier molecular flexibility index (Phi) is 12.1. The molecule has 0 bridgehead atoms. The first-order valence-corrected chi connectivity index (χ1v) is 16.4. The van der Waals surface area contributed by atoms with E-state index in [4.69, 9.17) is 24.3 Å². The first-order valence-electron chi connectivity index (χ1n) is 16.4. The average molecular weight is 677 g/mol. The number of para-hydroxylation sites is 1. The molecule has 3 amide bonds. The van der Waals surface area contributed by atoms with E-state index in [1.54, 1.807) is 18.1 Å². The van der Waals surface area contributed by atoms with Crippen molar-refractivity contribution in [2.24, 2.45) is 5.92 Å². The topological polar surface area (TPSA) is 171 Å². The molecule has 0 aliphatic carbocycles. The molecule has 1 saturated heterocycles. The number of amides is 3. The van der Waals surface area contributed by atoms with Crippen molar-refractivity contribution in [3.05, 3.63) is 54.2 Å². The van der Waals surface area contributed by atoms with Crippen LogP contribution in [0.5, 0.6) is 5.75 Å². The third-order valence-electron chi connectivity index (χ3n) is 8.41. The fourth-order valence-corrected chi connectivity index (χ4v) is 5.81. The van der Waals surface area contributed by atoms with E-state index >= 15 is 0 Å². The molecule has 3 aromatic rings. The van der Waals surface area contributed by atoms with Crippen LogP contribution in [-0.4, -0.2) is 106 Å². The normalized spacial score (nSPS) is 14.5. The number of piperidine rings is 1. The summed E-state index contributed by atoms with van der Waals surface area (Å²) in [6.45, 7) is 5.88. The molecular formula is C34H44N8O7. The number of carbonyl (C=O) groups is 3. The van der Waals surface area contributed by atoms with Crippen LogP contribution in [-0.2, 0) is 14.3 Å². The maximum atomic E-state index is 13.1. The van der Waals surface area contributed by atoms with Gasteiger partial charge in [-0.15, -0.1) is 0 Å². The fourth-order valence-electron chi connectivity index (χ4n) is 5.81. The molecule has 15 nitrogen and oxygen atoms in total. The highest BCUT2D eigenvalue weighted by Gasteiger charge is 2.29. The highest BCUT2D eigenvalue weighted by Crippen LogP contribution is 2.39. The lowest BCUT2D eigenvalue weighted by Gasteiger charge is -2.33. The molecule has 0 unspecified atom stereocenters. The summed E-state index contributed by atoms with van der Waals surface area (Å²) < 4.78 is 16.8. The van der Waals surface area contributed by atoms with Gasteiger partial charge < -0.3 is 50.0 Å². The van der Waals surface area contributed by atoms with Gasteiger partial charge in [0, 0.05) is 57.9 Å². The maximum absolute atomic E-state index is 13.1. The summed E-state index contributed by atoms with van der Waals surface area (Å²) in [6, 6.07) is 13.4. The first-order chi connectivity index (χ1) is 23.8. The largest absolute Gasteiger partial charge is 0.492 e. The van der Waals surface area contributed by atoms with Crippen molar-refractivity contribution < 1.29 is 33.7 Å². The monoisotopic (exact) mass is 676 g/mol. The minimum absolute atomic E-state index is 0.0271. The number of anilines is 6. The van der Waals surface area contributed by atoms with Gasteiger partial charge in [-0.2, -0.15) is 4.98 Å². The van der Waals surface area contributed by atoms with Crippen molar-refractivity contribution in [1.82, 2.24) is 20.6 Å². The smallest absolute Gasteiger partial charge is 0.404 e. The van der Waals surface area contributed by atoms with Crippen LogP contribution in [0, 0.1) is 5.92 Å². The predicted molar refractivity (Wildman–Crippen MR) is 186 cm³/mol. The molecule has 5 rings (SSSR count). The van der Waals surface area contributed by atoms with Gasteiger partial charge in [0.2, 0.25) is 11.9 Å². The zero-order valence-corrected chi connectivity index (χ0v) is 28.1. The van der Waals surface area contributed by atoms with E-state index < -0.39 is 6.09 Å². The zero-order valence-electron chi connectivity index (χ0n) is 28.1. The lowest BCUT2D eigenvalue weighted by molar-refractivity contribution is -0.125. The SMILES string of the molecule is CCOc1cc(N2CCC(C(=O)NCCOCCOCCNC(=O)O)CC2)ccc1Nc1ncc2c(n1)N(C)c1ccccc1C(=O)N2C. The van der Waals surface area contributed by atoms with Crippen molar-refractivity contribution in [3.63, 3.8) is 0 Å². The van der Waals surface area contributed by atoms with Gasteiger partial charge in [0.25, 0.3) is 5.91 Å². The number of hydrogen-bond acceptors (Lipinski definition) is 11. The van der Waals surface area contributed by atoms with E-state index in [0.29, 0.717) is 67.4 Å². The average Bonchev–Trinajstić information content (AvgIpc) is 3.19. The minimum atomic E-state index is -1.08. The second kappa shape index (κ2) is 16.8. The van der Waals surface area contributed by atoms with Crippen molar-refractivity contribution >= 4 is 52.4 Å². The zero-order chi connectivity index (χ0) is 34.8. The quantitative estimate of drug-likeness (QED) is 0.173. The number of fused-ring (bicyclic) bond motifs is 2. The van der Waals surface area contributed by atoms with Gasteiger partial charge >= 0.3 is 6.09 Å². The van der Waals surface area contributed by atoms with Crippen LogP contribution >= 0.6 is 0 Å². The third-order valence-corrected chi connectivity index (χ3v) is 8.41. The number of nitrogens with zero attached hydrogens (tertiary/aromatic N) is 5. The number of carbonyl (C=O) groups excluding carboxylic acids is 2. The van der Waals surface area contributed by atoms with Crippen molar-refractivity contribution in [3.8, 4) is 5.75 Å². The Labute approximate surface area is 285 Å². The summed E-state index contributed by atoms with van der Waals surface area (Å²) in [6.07, 6.45) is 2.02. The van der Waals surface area contributed by atoms with E-state index in [2.05, 4.69) is 25.8 Å². The Bertz CT molecular complexity index is 1620. The van der Waals surface area contributed by atoms with Crippen molar-refractivity contribution in [2.45, 2.75) is 19.8 Å². The number of ether oxygens (including phenoxy) is 3. The van der Waals surface area contributed by atoms with Crippen LogP contribution in [0.1, 0.15) is 30.1 Å². The summed E-state index contributed by atoms with van der Waals surface area (Å²) in [5.41, 5.74) is 3.67. The molecular weight excluding hydrogens is 632 g/mol. The van der Waals surface area contributed by atoms with Crippen LogP contribution in [0.15, 0.2) is 48.7 Å². The van der Waals surface area contributed by atoms with Gasteiger partial charge in [-0.25, -0.2) is 9.78 Å². The molecule has 3 heterocycles. The van der Waals surface area contributed by atoms with Gasteiger partial charge in [0.1, 0.15) is 11.4 Å². The van der Waals surface area contributed by atoms with Gasteiger partial charge in [-0.1, -0.05) is 12.1 Å². The molecule has 2 aliphatic rings. The van der Waals surface area contributed by atoms with E-state index in [1.165, 1.54) is 0 Å². The van der Waals surface area contributed by atoms with Crippen molar-refractivity contribution in [2.75, 3.05) is 93.3 Å². The molecule has 1 aromatic heterocycles. The number of rotatable bonds is 15. The Balaban J connectivity index is 1.13. The van der Waals surface area contributed by atoms with Crippen molar-refractivity contribution in [1.29, 1.82) is 0 Å². The highest BCUT2D eigenvalue weighted by atomic mass is 16.5. The molecule has 262 valence electrons. The van der Waals surface area contributed by atoms with E-state index in [1.807, 2.05) is 61.3 Å². The lowest BCUT2D eigenvalue weighted by Crippen LogP contribution is -2.41. The second-order valence-corrected chi connectivity index (χ2v) is 11.6. The Hall–Kier alpha value is -5.15. The van der Waals surface area contributed by atoms with E-state index in [9.17, 15) is 14.4 Å². The molecule has 0 atom stereocenters. The summed E-state index contributed by atoms with van der Waals surface area (Å²) in [4.78, 5) is 51.3. The number of nitrogens with one attached hydrogen (secondary N) is 3. The lowest BCUT2D eigenvalue weighted by atomic mass is 9.95. The molecule has 2 aromatic carbocycles. The summed E-state index contributed by atoms with van der Waals surface area (Å²) in [7, 11) is 3.61. The Morgan fingerprint density at radius 2 is 1.65 bits per heavy atom. The maximum Gasteiger partial charge on any atom is 0.404 e. The number of aromatic nitrogens is 2. The highest BCUT2D eigenvalue weighted by molar-refractivity contribution is 6.13. The summed E-state index contributed by atoms with van der Waals surface area (Å²) >= 11 is 0. The molecule has 0 saturated carbocycles. The fraction of sp³-hybridized carbons (Fsp3) is 0.441. The van der Waals surface area contributed by atoms with Gasteiger partial charge in [-0.05, 0) is 44.0 Å². The van der Waals surface area contributed by atoms with E-state index in [-0.39, 0.29) is 30.9 Å². The molecule has 2 aliphatic heterocycles. The van der Waals surface area contributed by atoms with Crippen LogP contribution in [0.4, 0.5) is 39.3 Å². The number of hydrogen-bond donors (Lipinski definition) is 4. The first kappa shape index (κ1) is 35.2. The van der Waals surface area contributed by atoms with Gasteiger partial charge in [0.05, 0.1) is 56.2 Å². The van der Waals surface area contributed by atoms with Gasteiger partial charge in [0.15, 0.2) is 5.82 Å². The Morgan fingerprint density at radius 3 is 2.37 bits per heavy atom. The molecule has 49 heavy (non-hydrogen) atoms. The van der Waals surface area contributed by atoms with Crippen LogP contribution in [0.2, 0.25) is 0 Å². The van der Waals surface area contributed by atoms with Gasteiger partial charge in [-0.3, -0.25) is 9.59 Å². The molecule has 0 radical (unpaired) electrons. The molecule has 0 spiro atoms. The number of benzene rings is 2. The molecule has 1 fully saturated rings. The standard InChI is InChI=1S/C34H44N8O7/c1-4-49-29-21-24(42-15-11-23(12-16-42)31(43)35-13-17-47-19-20-48-18-14-36-34(45)46)9-10-26(29)38-33-37-22-28-30(39-33)40(2)27-8-6-5-7-25(27)32(44)41(28)3/h5-10,21-23,36H,4,11-20H2,1-3H3,(H,35,43)(H,45,46)(H,37,38,39). The Morgan fingerprint density at radius 1 is 0.939 bits per heavy atom. The molecule has 15 heteroatoms. The minimum Gasteiger partial charge on any atom is -0.492 e. The number of carboxylic acid groups (broad SMARTS) is 1. The third kappa shape index (κ3) is 8.86. The molecule has 4 N–H and O–H groups in total. The van der Waals surface area contributed by atoms with Crippen LogP contribution in [0.3, 0.4) is 0 Å².